The van der Waals surface area contributed by atoms with E-state index in [-0.39, 0.29) is 17.2 Å². The second-order valence-electron chi connectivity index (χ2n) is 7.02. The van der Waals surface area contributed by atoms with Gasteiger partial charge in [0.15, 0.2) is 0 Å². The van der Waals surface area contributed by atoms with E-state index in [1.807, 2.05) is 79.7 Å². The van der Waals surface area contributed by atoms with Gasteiger partial charge in [0.2, 0.25) is 5.91 Å². The third-order valence-electron chi connectivity index (χ3n) is 5.04. The van der Waals surface area contributed by atoms with Crippen molar-refractivity contribution in [1.82, 2.24) is 0 Å². The van der Waals surface area contributed by atoms with Crippen molar-refractivity contribution in [2.24, 2.45) is 0 Å². The largest absolute Gasteiger partial charge is 0.497 e. The van der Waals surface area contributed by atoms with Gasteiger partial charge in [-0.05, 0) is 48.4 Å². The fourth-order valence-electron chi connectivity index (χ4n) is 3.47. The molecule has 30 heavy (non-hydrogen) atoms. The van der Waals surface area contributed by atoms with Gasteiger partial charge >= 0.3 is 0 Å². The number of ether oxygens (including phenoxy) is 1. The monoisotopic (exact) mass is 418 g/mol. The minimum atomic E-state index is -0.135. The van der Waals surface area contributed by atoms with Gasteiger partial charge in [-0.3, -0.25) is 14.5 Å². The summed E-state index contributed by atoms with van der Waals surface area (Å²) in [6.45, 7) is 1.92. The van der Waals surface area contributed by atoms with Gasteiger partial charge in [-0.25, -0.2) is 0 Å². The number of nitrogens with one attached hydrogen (secondary N) is 1. The summed E-state index contributed by atoms with van der Waals surface area (Å²) < 4.78 is 5.30. The molecule has 1 saturated heterocycles. The first kappa shape index (κ1) is 20.0. The van der Waals surface area contributed by atoms with Gasteiger partial charge in [0.05, 0.1) is 12.9 Å². The molecule has 0 aromatic heterocycles. The maximum atomic E-state index is 12.6. The van der Waals surface area contributed by atoms with Crippen molar-refractivity contribution in [1.29, 1.82) is 0 Å². The molecule has 1 heterocycles. The smallest absolute Gasteiger partial charge is 0.255 e. The number of carbonyl (C=O) groups is 2. The average Bonchev–Trinajstić information content (AvgIpc) is 3.16. The van der Waals surface area contributed by atoms with Gasteiger partial charge < -0.3 is 10.1 Å². The van der Waals surface area contributed by atoms with E-state index in [2.05, 4.69) is 5.32 Å². The first-order valence-corrected chi connectivity index (χ1v) is 10.7. The molecule has 0 aliphatic carbocycles. The van der Waals surface area contributed by atoms with E-state index in [0.717, 1.165) is 16.8 Å². The molecule has 3 aromatic carbocycles. The number of hydrogen-bond donors (Lipinski definition) is 1. The Morgan fingerprint density at radius 2 is 1.83 bits per heavy atom. The fraction of sp³-hybridized carbons (Fsp3) is 0.167. The topological polar surface area (TPSA) is 58.6 Å². The minimum absolute atomic E-state index is 0.0650. The summed E-state index contributed by atoms with van der Waals surface area (Å²) in [5.41, 5.74) is 4.12. The Kier molecular flexibility index (Phi) is 5.77. The molecular weight excluding hydrogens is 396 g/mol. The lowest BCUT2D eigenvalue weighted by Gasteiger charge is -2.25. The molecule has 1 aliphatic heterocycles. The van der Waals surface area contributed by atoms with Crippen molar-refractivity contribution >= 4 is 35.0 Å². The number of rotatable bonds is 5. The van der Waals surface area contributed by atoms with Crippen molar-refractivity contribution in [3.8, 4) is 5.75 Å². The molecule has 4 rings (SSSR count). The third-order valence-corrected chi connectivity index (χ3v) is 6.26. The van der Waals surface area contributed by atoms with Gasteiger partial charge in [-0.2, -0.15) is 0 Å². The van der Waals surface area contributed by atoms with Gasteiger partial charge in [-0.15, -0.1) is 11.8 Å². The van der Waals surface area contributed by atoms with E-state index >= 15 is 0 Å². The molecule has 2 amide bonds. The first-order valence-electron chi connectivity index (χ1n) is 9.61. The first-order chi connectivity index (χ1) is 14.6. The Labute approximate surface area is 180 Å². The highest BCUT2D eigenvalue weighted by Gasteiger charge is 2.34. The number of hydrogen-bond acceptors (Lipinski definition) is 4. The second kappa shape index (κ2) is 8.63. The van der Waals surface area contributed by atoms with E-state index in [0.29, 0.717) is 22.8 Å². The van der Waals surface area contributed by atoms with Crippen LogP contribution in [-0.2, 0) is 4.79 Å². The van der Waals surface area contributed by atoms with Crippen LogP contribution in [0.15, 0.2) is 72.8 Å². The van der Waals surface area contributed by atoms with Gasteiger partial charge in [-0.1, -0.05) is 36.4 Å². The number of amides is 2. The van der Waals surface area contributed by atoms with E-state index < -0.39 is 0 Å². The highest BCUT2D eigenvalue weighted by molar-refractivity contribution is 8.00. The predicted molar refractivity (Wildman–Crippen MR) is 121 cm³/mol. The highest BCUT2D eigenvalue weighted by Crippen LogP contribution is 2.42. The van der Waals surface area contributed by atoms with Gasteiger partial charge in [0, 0.05) is 23.0 Å². The molecule has 1 aliphatic rings. The van der Waals surface area contributed by atoms with Crippen LogP contribution in [0.25, 0.3) is 0 Å². The number of benzene rings is 3. The Bertz CT molecular complexity index is 1080. The van der Waals surface area contributed by atoms with Crippen LogP contribution in [0.4, 0.5) is 11.4 Å². The Morgan fingerprint density at radius 1 is 1.07 bits per heavy atom. The third kappa shape index (κ3) is 4.04. The summed E-state index contributed by atoms with van der Waals surface area (Å²) in [5.74, 6) is 1.07. The minimum Gasteiger partial charge on any atom is -0.497 e. The molecule has 6 heteroatoms. The Morgan fingerprint density at radius 3 is 2.57 bits per heavy atom. The number of methoxy groups -OCH3 is 1. The normalized spacial score (nSPS) is 15.9. The van der Waals surface area contributed by atoms with Crippen molar-refractivity contribution in [2.75, 3.05) is 23.1 Å². The summed E-state index contributed by atoms with van der Waals surface area (Å²) in [5, 5.41) is 2.82. The zero-order valence-electron chi connectivity index (χ0n) is 16.8. The number of thioether (sulfide) groups is 1. The molecular formula is C24H22N2O3S. The lowest BCUT2D eigenvalue weighted by atomic mass is 10.1. The lowest BCUT2D eigenvalue weighted by Crippen LogP contribution is -2.27. The number of aryl methyl sites for hydroxylation is 1. The van der Waals surface area contributed by atoms with Crippen LogP contribution in [0.5, 0.6) is 5.75 Å². The van der Waals surface area contributed by atoms with Crippen molar-refractivity contribution in [2.45, 2.75) is 12.3 Å². The molecule has 0 saturated carbocycles. The molecule has 1 atom stereocenters. The van der Waals surface area contributed by atoms with E-state index in [1.54, 1.807) is 23.8 Å². The van der Waals surface area contributed by atoms with E-state index in [4.69, 9.17) is 4.74 Å². The number of anilines is 2. The van der Waals surface area contributed by atoms with Crippen LogP contribution in [0.3, 0.4) is 0 Å². The lowest BCUT2D eigenvalue weighted by molar-refractivity contribution is -0.115. The molecule has 0 spiro atoms. The van der Waals surface area contributed by atoms with Crippen LogP contribution in [0.2, 0.25) is 0 Å². The molecule has 0 radical (unpaired) electrons. The van der Waals surface area contributed by atoms with Crippen LogP contribution < -0.4 is 15.0 Å². The number of nitrogens with zero attached hydrogens (tertiary/aromatic N) is 1. The molecule has 1 N–H and O–H groups in total. The predicted octanol–water partition coefficient (Wildman–Crippen LogP) is 5.03. The maximum absolute atomic E-state index is 12.6. The van der Waals surface area contributed by atoms with Crippen molar-refractivity contribution < 1.29 is 14.3 Å². The van der Waals surface area contributed by atoms with Crippen LogP contribution in [-0.4, -0.2) is 24.7 Å². The summed E-state index contributed by atoms with van der Waals surface area (Å²) in [4.78, 5) is 26.9. The quantitative estimate of drug-likeness (QED) is 0.631. The molecule has 3 aromatic rings. The Hall–Kier alpha value is -3.25. The average molecular weight is 419 g/mol. The summed E-state index contributed by atoms with van der Waals surface area (Å²) in [6, 6.07) is 22.7. The van der Waals surface area contributed by atoms with Crippen LogP contribution >= 0.6 is 11.8 Å². The fourth-order valence-corrected chi connectivity index (χ4v) is 4.64. The van der Waals surface area contributed by atoms with Gasteiger partial charge in [0.25, 0.3) is 5.91 Å². The summed E-state index contributed by atoms with van der Waals surface area (Å²) in [7, 11) is 1.61. The van der Waals surface area contributed by atoms with Crippen LogP contribution in [0.1, 0.15) is 26.9 Å². The summed E-state index contributed by atoms with van der Waals surface area (Å²) in [6.07, 6.45) is 0. The van der Waals surface area contributed by atoms with E-state index in [9.17, 15) is 9.59 Å². The Balaban J connectivity index is 1.53. The number of carbonyl (C=O) groups excluding carboxylic acids is 2. The van der Waals surface area contributed by atoms with Crippen molar-refractivity contribution in [3.05, 3.63) is 89.5 Å². The molecule has 0 bridgehead atoms. The SMILES string of the molecule is COc1cccc(N2C(=O)CS[C@@H]2c2ccc(NC(=O)c3ccccc3C)cc2)c1. The second-order valence-corrected chi connectivity index (χ2v) is 8.09. The zero-order chi connectivity index (χ0) is 21.1. The maximum Gasteiger partial charge on any atom is 0.255 e. The standard InChI is InChI=1S/C24H22N2O3S/c1-16-6-3-4-9-21(16)23(28)25-18-12-10-17(11-13-18)24-26(22(27)15-30-24)19-7-5-8-20(14-19)29-2/h3-14,24H,15H2,1-2H3,(H,25,28)/t24-/m1/s1. The molecule has 5 nitrogen and oxygen atoms in total. The molecule has 152 valence electrons. The molecule has 1 fully saturated rings. The van der Waals surface area contributed by atoms with E-state index in [1.165, 1.54) is 0 Å². The highest BCUT2D eigenvalue weighted by atomic mass is 32.2. The summed E-state index contributed by atoms with van der Waals surface area (Å²) >= 11 is 1.59. The van der Waals surface area contributed by atoms with Crippen molar-refractivity contribution in [3.63, 3.8) is 0 Å². The van der Waals surface area contributed by atoms with Crippen LogP contribution in [0, 0.1) is 6.92 Å². The zero-order valence-corrected chi connectivity index (χ0v) is 17.6. The molecule has 0 unspecified atom stereocenters. The van der Waals surface area contributed by atoms with Gasteiger partial charge in [0.1, 0.15) is 11.1 Å².